The summed E-state index contributed by atoms with van der Waals surface area (Å²) in [7, 11) is 0. The van der Waals surface area contributed by atoms with Gasteiger partial charge in [0.2, 0.25) is 0 Å². The lowest BCUT2D eigenvalue weighted by atomic mass is 9.86. The van der Waals surface area contributed by atoms with Crippen LogP contribution in [0, 0.1) is 5.92 Å². The molecule has 0 aliphatic rings. The molecule has 0 saturated heterocycles. The van der Waals surface area contributed by atoms with Crippen molar-refractivity contribution >= 4 is 0 Å². The molecule has 2 rings (SSSR count). The Kier molecular flexibility index (Phi) is 4.84. The standard InChI is InChI=1S/C18H26N2O/c1-13(2)10-19-11-15-12-20-21-17(15)14-6-8-16(9-7-14)18(3,4)5/h6-9,12-13,19H,10-11H2,1-5H3. The number of nitrogens with one attached hydrogen (secondary N) is 1. The fourth-order valence-corrected chi connectivity index (χ4v) is 2.24. The fourth-order valence-electron chi connectivity index (χ4n) is 2.24. The van der Waals surface area contributed by atoms with Crippen LogP contribution >= 0.6 is 0 Å². The van der Waals surface area contributed by atoms with Crippen molar-refractivity contribution in [3.05, 3.63) is 41.6 Å². The second-order valence-corrected chi connectivity index (χ2v) is 7.03. The first-order valence-corrected chi connectivity index (χ1v) is 7.63. The molecule has 1 aromatic carbocycles. The summed E-state index contributed by atoms with van der Waals surface area (Å²) in [6.45, 7) is 12.8. The Balaban J connectivity index is 2.13. The predicted octanol–water partition coefficient (Wildman–Crippen LogP) is 4.38. The summed E-state index contributed by atoms with van der Waals surface area (Å²) in [5, 5.41) is 7.39. The van der Waals surface area contributed by atoms with E-state index in [0.29, 0.717) is 5.92 Å². The molecule has 1 aromatic heterocycles. The molecule has 0 aliphatic carbocycles. The molecular formula is C18H26N2O. The summed E-state index contributed by atoms with van der Waals surface area (Å²) in [5.74, 6) is 1.51. The summed E-state index contributed by atoms with van der Waals surface area (Å²) >= 11 is 0. The number of benzene rings is 1. The monoisotopic (exact) mass is 286 g/mol. The van der Waals surface area contributed by atoms with Crippen molar-refractivity contribution in [2.24, 2.45) is 5.92 Å². The SMILES string of the molecule is CC(C)CNCc1cnoc1-c1ccc(C(C)(C)C)cc1. The number of hydrogen-bond donors (Lipinski definition) is 1. The van der Waals surface area contributed by atoms with Gasteiger partial charge in [-0.1, -0.05) is 64.0 Å². The van der Waals surface area contributed by atoms with E-state index < -0.39 is 0 Å². The predicted molar refractivity (Wildman–Crippen MR) is 87.2 cm³/mol. The Morgan fingerprint density at radius 2 is 1.81 bits per heavy atom. The molecule has 2 aromatic rings. The van der Waals surface area contributed by atoms with Crippen molar-refractivity contribution in [2.75, 3.05) is 6.54 Å². The van der Waals surface area contributed by atoms with Gasteiger partial charge in [0.15, 0.2) is 5.76 Å². The van der Waals surface area contributed by atoms with Crippen LogP contribution in [0.2, 0.25) is 0 Å². The third-order valence-corrected chi connectivity index (χ3v) is 3.53. The van der Waals surface area contributed by atoms with E-state index in [2.05, 4.69) is 69.4 Å². The highest BCUT2D eigenvalue weighted by molar-refractivity contribution is 5.61. The maximum absolute atomic E-state index is 5.44. The second kappa shape index (κ2) is 6.44. The van der Waals surface area contributed by atoms with Crippen LogP contribution in [0.25, 0.3) is 11.3 Å². The van der Waals surface area contributed by atoms with E-state index in [-0.39, 0.29) is 5.41 Å². The lowest BCUT2D eigenvalue weighted by Crippen LogP contribution is -2.18. The zero-order chi connectivity index (χ0) is 15.5. The maximum atomic E-state index is 5.44. The molecule has 21 heavy (non-hydrogen) atoms. The van der Waals surface area contributed by atoms with Gasteiger partial charge in [0.05, 0.1) is 6.20 Å². The first-order valence-electron chi connectivity index (χ1n) is 7.63. The molecule has 0 unspecified atom stereocenters. The average molecular weight is 286 g/mol. The van der Waals surface area contributed by atoms with Crippen molar-refractivity contribution in [1.82, 2.24) is 10.5 Å². The topological polar surface area (TPSA) is 38.1 Å². The van der Waals surface area contributed by atoms with Gasteiger partial charge in [-0.25, -0.2) is 0 Å². The highest BCUT2D eigenvalue weighted by atomic mass is 16.5. The van der Waals surface area contributed by atoms with Crippen LogP contribution in [0.4, 0.5) is 0 Å². The van der Waals surface area contributed by atoms with Crippen LogP contribution < -0.4 is 5.32 Å². The number of aromatic nitrogens is 1. The fraction of sp³-hybridized carbons (Fsp3) is 0.500. The van der Waals surface area contributed by atoms with Crippen molar-refractivity contribution < 1.29 is 4.52 Å². The normalized spacial score (nSPS) is 12.1. The second-order valence-electron chi connectivity index (χ2n) is 7.03. The van der Waals surface area contributed by atoms with Crippen molar-refractivity contribution in [3.8, 4) is 11.3 Å². The van der Waals surface area contributed by atoms with Crippen molar-refractivity contribution in [2.45, 2.75) is 46.6 Å². The van der Waals surface area contributed by atoms with Gasteiger partial charge in [-0.15, -0.1) is 0 Å². The first-order chi connectivity index (χ1) is 9.88. The van der Waals surface area contributed by atoms with E-state index in [1.54, 1.807) is 6.20 Å². The highest BCUT2D eigenvalue weighted by Gasteiger charge is 2.15. The van der Waals surface area contributed by atoms with Crippen LogP contribution in [0.3, 0.4) is 0 Å². The largest absolute Gasteiger partial charge is 0.356 e. The van der Waals surface area contributed by atoms with E-state index in [1.165, 1.54) is 5.56 Å². The zero-order valence-corrected chi connectivity index (χ0v) is 13.7. The Morgan fingerprint density at radius 1 is 1.14 bits per heavy atom. The first kappa shape index (κ1) is 15.8. The lowest BCUT2D eigenvalue weighted by Gasteiger charge is -2.19. The van der Waals surface area contributed by atoms with E-state index in [0.717, 1.165) is 30.0 Å². The van der Waals surface area contributed by atoms with Crippen molar-refractivity contribution in [3.63, 3.8) is 0 Å². The minimum absolute atomic E-state index is 0.168. The Hall–Kier alpha value is -1.61. The molecule has 0 radical (unpaired) electrons. The molecule has 0 bridgehead atoms. The van der Waals surface area contributed by atoms with Gasteiger partial charge < -0.3 is 9.84 Å². The highest BCUT2D eigenvalue weighted by Crippen LogP contribution is 2.28. The molecule has 0 saturated carbocycles. The summed E-state index contributed by atoms with van der Waals surface area (Å²) < 4.78 is 5.44. The minimum Gasteiger partial charge on any atom is -0.356 e. The van der Waals surface area contributed by atoms with Gasteiger partial charge in [0.25, 0.3) is 0 Å². The Labute approximate surface area is 127 Å². The Bertz CT molecular complexity index is 562. The molecule has 1 N–H and O–H groups in total. The Morgan fingerprint density at radius 3 is 2.38 bits per heavy atom. The smallest absolute Gasteiger partial charge is 0.171 e. The number of hydrogen-bond acceptors (Lipinski definition) is 3. The third kappa shape index (κ3) is 4.18. The molecule has 0 amide bonds. The minimum atomic E-state index is 0.168. The molecule has 0 fully saturated rings. The summed E-state index contributed by atoms with van der Waals surface area (Å²) in [5.41, 5.74) is 3.69. The van der Waals surface area contributed by atoms with Gasteiger partial charge >= 0.3 is 0 Å². The van der Waals surface area contributed by atoms with E-state index in [4.69, 9.17) is 4.52 Å². The van der Waals surface area contributed by atoms with Gasteiger partial charge in [0, 0.05) is 17.7 Å². The number of rotatable bonds is 5. The van der Waals surface area contributed by atoms with Gasteiger partial charge in [0.1, 0.15) is 0 Å². The van der Waals surface area contributed by atoms with Crippen LogP contribution in [-0.2, 0) is 12.0 Å². The maximum Gasteiger partial charge on any atom is 0.171 e. The molecule has 3 nitrogen and oxygen atoms in total. The molecule has 0 atom stereocenters. The number of nitrogens with zero attached hydrogens (tertiary/aromatic N) is 1. The van der Waals surface area contributed by atoms with Crippen LogP contribution in [-0.4, -0.2) is 11.7 Å². The molecule has 3 heteroatoms. The molecule has 114 valence electrons. The molecule has 0 aliphatic heterocycles. The van der Waals surface area contributed by atoms with E-state index >= 15 is 0 Å². The van der Waals surface area contributed by atoms with Crippen molar-refractivity contribution in [1.29, 1.82) is 0 Å². The average Bonchev–Trinajstić information content (AvgIpc) is 2.86. The van der Waals surface area contributed by atoms with Crippen LogP contribution in [0.5, 0.6) is 0 Å². The summed E-state index contributed by atoms with van der Waals surface area (Å²) in [6.07, 6.45) is 1.81. The van der Waals surface area contributed by atoms with Crippen LogP contribution in [0.15, 0.2) is 35.0 Å². The summed E-state index contributed by atoms with van der Waals surface area (Å²) in [6, 6.07) is 8.58. The quantitative estimate of drug-likeness (QED) is 0.886. The molecular weight excluding hydrogens is 260 g/mol. The van der Waals surface area contributed by atoms with Gasteiger partial charge in [-0.2, -0.15) is 0 Å². The summed E-state index contributed by atoms with van der Waals surface area (Å²) in [4.78, 5) is 0. The van der Waals surface area contributed by atoms with E-state index in [9.17, 15) is 0 Å². The van der Waals surface area contributed by atoms with Crippen LogP contribution in [0.1, 0.15) is 45.7 Å². The van der Waals surface area contributed by atoms with Gasteiger partial charge in [-0.05, 0) is 23.4 Å². The zero-order valence-electron chi connectivity index (χ0n) is 13.7. The molecule has 0 spiro atoms. The van der Waals surface area contributed by atoms with E-state index in [1.807, 2.05) is 0 Å². The molecule has 1 heterocycles. The van der Waals surface area contributed by atoms with Gasteiger partial charge in [-0.3, -0.25) is 0 Å². The lowest BCUT2D eigenvalue weighted by molar-refractivity contribution is 0.431. The third-order valence-electron chi connectivity index (χ3n) is 3.53.